The van der Waals surface area contributed by atoms with E-state index in [2.05, 4.69) is 29.0 Å². The Balaban J connectivity index is 2.38. The molecule has 96 valence electrons. The zero-order valence-electron chi connectivity index (χ0n) is 11.1. The first-order valence-electron chi connectivity index (χ1n) is 6.24. The molecule has 1 aromatic heterocycles. The fraction of sp³-hybridized carbons (Fsp3) is 0.615. The van der Waals surface area contributed by atoms with Crippen LogP contribution in [0.4, 0.5) is 0 Å². The van der Waals surface area contributed by atoms with Crippen LogP contribution >= 0.6 is 0 Å². The Morgan fingerprint density at radius 3 is 2.76 bits per heavy atom. The van der Waals surface area contributed by atoms with Crippen molar-refractivity contribution in [2.45, 2.75) is 20.4 Å². The van der Waals surface area contributed by atoms with Crippen molar-refractivity contribution in [3.63, 3.8) is 0 Å². The van der Waals surface area contributed by atoms with Crippen molar-refractivity contribution in [3.8, 4) is 5.75 Å². The van der Waals surface area contributed by atoms with E-state index in [-0.39, 0.29) is 0 Å². The van der Waals surface area contributed by atoms with Crippen LogP contribution in [0.15, 0.2) is 18.3 Å². The molecule has 0 spiro atoms. The largest absolute Gasteiger partial charge is 0.492 e. The number of hydrogen-bond donors (Lipinski definition) is 1. The summed E-state index contributed by atoms with van der Waals surface area (Å²) in [6, 6.07) is 3.89. The molecule has 17 heavy (non-hydrogen) atoms. The van der Waals surface area contributed by atoms with Gasteiger partial charge in [-0.3, -0.25) is 4.98 Å². The molecule has 0 radical (unpaired) electrons. The van der Waals surface area contributed by atoms with E-state index in [0.29, 0.717) is 0 Å². The van der Waals surface area contributed by atoms with Crippen LogP contribution in [-0.2, 0) is 6.54 Å². The zero-order valence-corrected chi connectivity index (χ0v) is 11.1. The van der Waals surface area contributed by atoms with Gasteiger partial charge in [0.05, 0.1) is 5.69 Å². The molecule has 0 saturated heterocycles. The molecule has 1 rings (SSSR count). The van der Waals surface area contributed by atoms with Crippen LogP contribution in [0.2, 0.25) is 0 Å². The Morgan fingerprint density at radius 1 is 1.35 bits per heavy atom. The minimum absolute atomic E-state index is 0.727. The van der Waals surface area contributed by atoms with Gasteiger partial charge in [-0.2, -0.15) is 0 Å². The molecule has 1 N–H and O–H groups in total. The fourth-order valence-electron chi connectivity index (χ4n) is 1.66. The number of pyridine rings is 1. The standard InChI is InChI=1S/C13H23N3O/c1-4-16(5-2)8-9-17-13-6-7-15-12(10-13)11-14-3/h6-7,10,14H,4-5,8-9,11H2,1-3H3. The number of hydrogen-bond acceptors (Lipinski definition) is 4. The third-order valence-electron chi connectivity index (χ3n) is 2.72. The highest BCUT2D eigenvalue weighted by molar-refractivity contribution is 5.22. The van der Waals surface area contributed by atoms with Crippen LogP contribution in [0.1, 0.15) is 19.5 Å². The second kappa shape index (κ2) is 8.03. The topological polar surface area (TPSA) is 37.4 Å². The number of rotatable bonds is 8. The molecular formula is C13H23N3O. The Labute approximate surface area is 104 Å². The summed E-state index contributed by atoms with van der Waals surface area (Å²) in [5, 5.41) is 3.08. The van der Waals surface area contributed by atoms with Crippen LogP contribution in [0.5, 0.6) is 5.75 Å². The number of ether oxygens (including phenoxy) is 1. The average Bonchev–Trinajstić information content (AvgIpc) is 2.36. The highest BCUT2D eigenvalue weighted by Gasteiger charge is 2.00. The van der Waals surface area contributed by atoms with E-state index in [4.69, 9.17) is 4.74 Å². The van der Waals surface area contributed by atoms with Gasteiger partial charge in [0.25, 0.3) is 0 Å². The molecule has 1 aromatic rings. The number of nitrogens with zero attached hydrogens (tertiary/aromatic N) is 2. The molecule has 0 bridgehead atoms. The van der Waals surface area contributed by atoms with E-state index >= 15 is 0 Å². The second-order valence-electron chi connectivity index (χ2n) is 3.89. The lowest BCUT2D eigenvalue weighted by molar-refractivity contribution is 0.222. The Morgan fingerprint density at radius 2 is 2.12 bits per heavy atom. The summed E-state index contributed by atoms with van der Waals surface area (Å²) in [5.74, 6) is 0.900. The monoisotopic (exact) mass is 237 g/mol. The van der Waals surface area contributed by atoms with Gasteiger partial charge in [0.15, 0.2) is 0 Å². The summed E-state index contributed by atoms with van der Waals surface area (Å²) >= 11 is 0. The first-order chi connectivity index (χ1) is 8.30. The smallest absolute Gasteiger partial charge is 0.122 e. The van der Waals surface area contributed by atoms with Crippen LogP contribution in [-0.4, -0.2) is 43.2 Å². The first kappa shape index (κ1) is 13.9. The van der Waals surface area contributed by atoms with E-state index in [1.165, 1.54) is 0 Å². The predicted octanol–water partition coefficient (Wildman–Crippen LogP) is 1.52. The van der Waals surface area contributed by atoms with E-state index in [9.17, 15) is 0 Å². The molecule has 0 fully saturated rings. The van der Waals surface area contributed by atoms with Crippen LogP contribution < -0.4 is 10.1 Å². The van der Waals surface area contributed by atoms with Gasteiger partial charge in [-0.25, -0.2) is 0 Å². The molecule has 4 heteroatoms. The van der Waals surface area contributed by atoms with Gasteiger partial charge in [0, 0.05) is 25.4 Å². The van der Waals surface area contributed by atoms with Gasteiger partial charge in [-0.1, -0.05) is 13.8 Å². The highest BCUT2D eigenvalue weighted by atomic mass is 16.5. The number of nitrogens with one attached hydrogen (secondary N) is 1. The van der Waals surface area contributed by atoms with E-state index in [1.54, 1.807) is 6.20 Å². The SMILES string of the molecule is CCN(CC)CCOc1ccnc(CNC)c1. The maximum atomic E-state index is 5.72. The molecule has 1 heterocycles. The molecule has 0 atom stereocenters. The van der Waals surface area contributed by atoms with Gasteiger partial charge in [0.2, 0.25) is 0 Å². The molecule has 0 aliphatic carbocycles. The van der Waals surface area contributed by atoms with Crippen LogP contribution in [0.25, 0.3) is 0 Å². The van der Waals surface area contributed by atoms with Gasteiger partial charge in [-0.05, 0) is 26.2 Å². The minimum Gasteiger partial charge on any atom is -0.492 e. The quantitative estimate of drug-likeness (QED) is 0.744. The number of likely N-dealkylation sites (N-methyl/N-ethyl adjacent to an activating group) is 1. The van der Waals surface area contributed by atoms with E-state index < -0.39 is 0 Å². The fourth-order valence-corrected chi connectivity index (χ4v) is 1.66. The summed E-state index contributed by atoms with van der Waals surface area (Å²) in [7, 11) is 1.91. The van der Waals surface area contributed by atoms with Crippen molar-refractivity contribution < 1.29 is 4.74 Å². The minimum atomic E-state index is 0.727. The third-order valence-corrected chi connectivity index (χ3v) is 2.72. The van der Waals surface area contributed by atoms with Crippen molar-refractivity contribution >= 4 is 0 Å². The summed E-state index contributed by atoms with van der Waals surface area (Å²) in [6.45, 7) is 8.94. The van der Waals surface area contributed by atoms with Crippen molar-refractivity contribution in [1.29, 1.82) is 0 Å². The van der Waals surface area contributed by atoms with Gasteiger partial charge >= 0.3 is 0 Å². The van der Waals surface area contributed by atoms with Crippen molar-refractivity contribution in [2.24, 2.45) is 0 Å². The first-order valence-corrected chi connectivity index (χ1v) is 6.24. The molecular weight excluding hydrogens is 214 g/mol. The Kier molecular flexibility index (Phi) is 6.58. The zero-order chi connectivity index (χ0) is 12.5. The normalized spacial score (nSPS) is 10.8. The second-order valence-corrected chi connectivity index (χ2v) is 3.89. The van der Waals surface area contributed by atoms with E-state index in [1.807, 2.05) is 19.2 Å². The van der Waals surface area contributed by atoms with Crippen LogP contribution in [0.3, 0.4) is 0 Å². The van der Waals surface area contributed by atoms with Crippen LogP contribution in [0, 0.1) is 0 Å². The summed E-state index contributed by atoms with van der Waals surface area (Å²) in [6.07, 6.45) is 1.79. The molecule has 4 nitrogen and oxygen atoms in total. The lowest BCUT2D eigenvalue weighted by atomic mass is 10.3. The van der Waals surface area contributed by atoms with Gasteiger partial charge in [0.1, 0.15) is 12.4 Å². The van der Waals surface area contributed by atoms with E-state index in [0.717, 1.165) is 44.2 Å². The molecule has 0 aromatic carbocycles. The summed E-state index contributed by atoms with van der Waals surface area (Å²) in [5.41, 5.74) is 1.01. The Bertz CT molecular complexity index is 313. The summed E-state index contributed by atoms with van der Waals surface area (Å²) in [4.78, 5) is 6.59. The predicted molar refractivity (Wildman–Crippen MR) is 70.3 cm³/mol. The maximum absolute atomic E-state index is 5.72. The van der Waals surface area contributed by atoms with Crippen molar-refractivity contribution in [3.05, 3.63) is 24.0 Å². The highest BCUT2D eigenvalue weighted by Crippen LogP contribution is 2.10. The Hall–Kier alpha value is -1.13. The lowest BCUT2D eigenvalue weighted by Gasteiger charge is -2.18. The van der Waals surface area contributed by atoms with Crippen molar-refractivity contribution in [1.82, 2.24) is 15.2 Å². The molecule has 0 aliphatic heterocycles. The van der Waals surface area contributed by atoms with Gasteiger partial charge < -0.3 is 15.0 Å². The maximum Gasteiger partial charge on any atom is 0.122 e. The summed E-state index contributed by atoms with van der Waals surface area (Å²) < 4.78 is 5.72. The molecule has 0 aliphatic rings. The molecule has 0 saturated carbocycles. The third kappa shape index (κ3) is 5.15. The lowest BCUT2D eigenvalue weighted by Crippen LogP contribution is -2.27. The average molecular weight is 237 g/mol. The molecule has 0 unspecified atom stereocenters. The molecule has 0 amide bonds. The number of aromatic nitrogens is 1. The van der Waals surface area contributed by atoms with Gasteiger partial charge in [-0.15, -0.1) is 0 Å². The van der Waals surface area contributed by atoms with Crippen molar-refractivity contribution in [2.75, 3.05) is 33.3 Å².